The molecule has 2 aliphatic rings. The molecule has 1 saturated carbocycles. The van der Waals surface area contributed by atoms with Gasteiger partial charge in [0.15, 0.2) is 0 Å². The number of phenolic OH excluding ortho intramolecular Hbond substituents is 1. The van der Waals surface area contributed by atoms with Crippen LogP contribution in [0.15, 0.2) is 51.8 Å². The Balaban J connectivity index is 1.53. The van der Waals surface area contributed by atoms with Gasteiger partial charge >= 0.3 is 0 Å². The Bertz CT molecular complexity index is 1010. The van der Waals surface area contributed by atoms with Gasteiger partial charge in [-0.1, -0.05) is 18.2 Å². The number of aromatic nitrogens is 1. The van der Waals surface area contributed by atoms with Gasteiger partial charge in [0.1, 0.15) is 5.75 Å². The van der Waals surface area contributed by atoms with Gasteiger partial charge in [-0.15, -0.1) is 11.8 Å². The van der Waals surface area contributed by atoms with Crippen LogP contribution in [0.3, 0.4) is 0 Å². The molecule has 6 heteroatoms. The smallest absolute Gasteiger partial charge is 0.135 e. The van der Waals surface area contributed by atoms with E-state index in [2.05, 4.69) is 67.9 Å². The van der Waals surface area contributed by atoms with Gasteiger partial charge in [0.05, 0.1) is 23.2 Å². The minimum absolute atomic E-state index is 0.374. The second kappa shape index (κ2) is 8.34. The summed E-state index contributed by atoms with van der Waals surface area (Å²) in [7, 11) is 0. The fraction of sp³-hybridized carbons (Fsp3) is 0.391. The summed E-state index contributed by atoms with van der Waals surface area (Å²) in [6.07, 6.45) is 2.48. The number of aromatic hydroxyl groups is 1. The highest BCUT2D eigenvalue weighted by Gasteiger charge is 2.29. The van der Waals surface area contributed by atoms with Crippen molar-refractivity contribution in [2.75, 3.05) is 26.3 Å². The largest absolute Gasteiger partial charge is 0.506 e. The zero-order valence-corrected chi connectivity index (χ0v) is 18.7. The lowest BCUT2D eigenvalue weighted by molar-refractivity contribution is 0.0340. The molecule has 0 spiro atoms. The Hall–Kier alpha value is -1.47. The van der Waals surface area contributed by atoms with Crippen molar-refractivity contribution in [2.24, 2.45) is 0 Å². The summed E-state index contributed by atoms with van der Waals surface area (Å²) < 4.78 is 8.80. The van der Waals surface area contributed by atoms with E-state index in [0.29, 0.717) is 11.8 Å². The van der Waals surface area contributed by atoms with Crippen LogP contribution in [0.2, 0.25) is 0 Å². The lowest BCUT2D eigenvalue weighted by Gasteiger charge is -2.27. The molecule has 1 aliphatic carbocycles. The van der Waals surface area contributed by atoms with Crippen LogP contribution in [0, 0.1) is 0 Å². The fourth-order valence-electron chi connectivity index (χ4n) is 4.14. The van der Waals surface area contributed by atoms with Gasteiger partial charge in [-0.25, -0.2) is 0 Å². The van der Waals surface area contributed by atoms with Crippen molar-refractivity contribution in [1.82, 2.24) is 9.47 Å². The number of benzene rings is 2. The average molecular weight is 473 g/mol. The van der Waals surface area contributed by atoms with Gasteiger partial charge in [-0.05, 0) is 53.0 Å². The Morgan fingerprint density at radius 2 is 1.86 bits per heavy atom. The van der Waals surface area contributed by atoms with Crippen molar-refractivity contribution in [2.45, 2.75) is 36.1 Å². The van der Waals surface area contributed by atoms with Crippen LogP contribution in [0.5, 0.6) is 5.75 Å². The molecule has 0 atom stereocenters. The number of phenols is 1. The average Bonchev–Trinajstić information content (AvgIpc) is 3.53. The van der Waals surface area contributed by atoms with Gasteiger partial charge in [0, 0.05) is 53.0 Å². The first kappa shape index (κ1) is 19.5. The third-order valence-corrected chi connectivity index (χ3v) is 7.43. The molecule has 29 heavy (non-hydrogen) atoms. The molecule has 1 saturated heterocycles. The Labute approximate surface area is 184 Å². The lowest BCUT2D eigenvalue weighted by atomic mass is 10.1. The molecule has 2 fully saturated rings. The monoisotopic (exact) mass is 472 g/mol. The summed E-state index contributed by atoms with van der Waals surface area (Å²) in [5.41, 5.74) is 3.61. The molecule has 152 valence electrons. The van der Waals surface area contributed by atoms with Gasteiger partial charge in [0.2, 0.25) is 0 Å². The lowest BCUT2D eigenvalue weighted by Crippen LogP contribution is -2.35. The standard InChI is InChI=1S/C23H25BrN2O2S/c24-21-13-22-19(20(23(21)27)14-25-8-10-28-11-9-25)12-17(26(22)16-6-7-16)15-29-18-4-2-1-3-5-18/h1-5,12-13,16,27H,6-11,14-15H2. The summed E-state index contributed by atoms with van der Waals surface area (Å²) in [6.45, 7) is 4.10. The van der Waals surface area contributed by atoms with E-state index in [1.807, 2.05) is 11.8 Å². The van der Waals surface area contributed by atoms with Crippen molar-refractivity contribution in [3.8, 4) is 5.75 Å². The number of morpholine rings is 1. The molecule has 2 aromatic carbocycles. The van der Waals surface area contributed by atoms with E-state index in [0.717, 1.165) is 48.6 Å². The number of hydrogen-bond donors (Lipinski definition) is 1. The number of nitrogens with zero attached hydrogens (tertiary/aromatic N) is 2. The van der Waals surface area contributed by atoms with Crippen LogP contribution in [0.1, 0.15) is 30.1 Å². The molecule has 1 N–H and O–H groups in total. The van der Waals surface area contributed by atoms with Crippen LogP contribution >= 0.6 is 27.7 Å². The normalized spacial score (nSPS) is 17.8. The maximum absolute atomic E-state index is 10.9. The van der Waals surface area contributed by atoms with E-state index in [9.17, 15) is 5.11 Å². The summed E-state index contributed by atoms with van der Waals surface area (Å²) in [5.74, 6) is 1.31. The molecule has 1 aromatic heterocycles. The molecule has 0 radical (unpaired) electrons. The van der Waals surface area contributed by atoms with Gasteiger partial charge in [-0.3, -0.25) is 4.90 Å². The van der Waals surface area contributed by atoms with E-state index in [4.69, 9.17) is 4.74 Å². The van der Waals surface area contributed by atoms with E-state index >= 15 is 0 Å². The van der Waals surface area contributed by atoms with Crippen LogP contribution < -0.4 is 0 Å². The second-order valence-electron chi connectivity index (χ2n) is 7.85. The van der Waals surface area contributed by atoms with E-state index < -0.39 is 0 Å². The maximum atomic E-state index is 10.9. The molecular weight excluding hydrogens is 448 g/mol. The van der Waals surface area contributed by atoms with Crippen molar-refractivity contribution in [1.29, 1.82) is 0 Å². The maximum Gasteiger partial charge on any atom is 0.135 e. The SMILES string of the molecule is Oc1c(Br)cc2c(cc(CSc3ccccc3)n2C2CC2)c1CN1CCOCC1. The molecule has 0 amide bonds. The predicted molar refractivity (Wildman–Crippen MR) is 122 cm³/mol. The first-order valence-electron chi connectivity index (χ1n) is 10.2. The number of hydrogen-bond acceptors (Lipinski definition) is 4. The summed E-state index contributed by atoms with van der Waals surface area (Å²) in [4.78, 5) is 3.66. The third kappa shape index (κ3) is 4.08. The van der Waals surface area contributed by atoms with Crippen molar-refractivity contribution >= 4 is 38.6 Å². The first-order chi connectivity index (χ1) is 14.2. The molecule has 4 nitrogen and oxygen atoms in total. The van der Waals surface area contributed by atoms with Crippen LogP contribution in [0.4, 0.5) is 0 Å². The van der Waals surface area contributed by atoms with Crippen LogP contribution in [-0.4, -0.2) is 40.9 Å². The predicted octanol–water partition coefficient (Wildman–Crippen LogP) is 5.57. The molecule has 1 aliphatic heterocycles. The molecule has 2 heterocycles. The number of rotatable bonds is 6. The minimum atomic E-state index is 0.374. The zero-order valence-electron chi connectivity index (χ0n) is 16.3. The molecule has 0 unspecified atom stereocenters. The van der Waals surface area contributed by atoms with Gasteiger partial charge in [-0.2, -0.15) is 0 Å². The zero-order chi connectivity index (χ0) is 19.8. The highest BCUT2D eigenvalue weighted by atomic mass is 79.9. The molecule has 3 aromatic rings. The minimum Gasteiger partial charge on any atom is -0.506 e. The van der Waals surface area contributed by atoms with Crippen molar-refractivity contribution in [3.05, 3.63) is 58.2 Å². The van der Waals surface area contributed by atoms with Crippen molar-refractivity contribution in [3.63, 3.8) is 0 Å². The molecule has 0 bridgehead atoms. The number of ether oxygens (including phenoxy) is 1. The molecule has 5 rings (SSSR count). The van der Waals surface area contributed by atoms with E-state index in [1.54, 1.807) is 0 Å². The fourth-order valence-corrected chi connectivity index (χ4v) is 5.48. The Morgan fingerprint density at radius 1 is 1.10 bits per heavy atom. The number of thioether (sulfide) groups is 1. The van der Waals surface area contributed by atoms with Gasteiger partial charge < -0.3 is 14.4 Å². The van der Waals surface area contributed by atoms with Crippen LogP contribution in [0.25, 0.3) is 10.9 Å². The first-order valence-corrected chi connectivity index (χ1v) is 12.0. The second-order valence-corrected chi connectivity index (χ2v) is 9.75. The van der Waals surface area contributed by atoms with E-state index in [-0.39, 0.29) is 0 Å². The molecular formula is C23H25BrN2O2S. The Kier molecular flexibility index (Phi) is 5.61. The number of fused-ring (bicyclic) bond motifs is 1. The van der Waals surface area contributed by atoms with Crippen molar-refractivity contribution < 1.29 is 9.84 Å². The quantitative estimate of drug-likeness (QED) is 0.475. The highest BCUT2D eigenvalue weighted by molar-refractivity contribution is 9.10. The third-order valence-electron chi connectivity index (χ3n) is 5.78. The van der Waals surface area contributed by atoms with Gasteiger partial charge in [0.25, 0.3) is 0 Å². The number of halogens is 1. The summed E-state index contributed by atoms with van der Waals surface area (Å²) in [6, 6.07) is 15.6. The summed E-state index contributed by atoms with van der Waals surface area (Å²) in [5, 5.41) is 12.1. The Morgan fingerprint density at radius 3 is 2.59 bits per heavy atom. The topological polar surface area (TPSA) is 37.6 Å². The summed E-state index contributed by atoms with van der Waals surface area (Å²) >= 11 is 5.48. The van der Waals surface area contributed by atoms with Crippen LogP contribution in [-0.2, 0) is 17.0 Å². The van der Waals surface area contributed by atoms with E-state index in [1.165, 1.54) is 34.3 Å². The highest BCUT2D eigenvalue weighted by Crippen LogP contribution is 2.44.